The summed E-state index contributed by atoms with van der Waals surface area (Å²) < 4.78 is 26.8. The van der Waals surface area contributed by atoms with Crippen molar-refractivity contribution in [2.45, 2.75) is 23.7 Å². The summed E-state index contributed by atoms with van der Waals surface area (Å²) in [5.41, 5.74) is 1.56. The van der Waals surface area contributed by atoms with Crippen molar-refractivity contribution in [3.63, 3.8) is 0 Å². The van der Waals surface area contributed by atoms with Gasteiger partial charge in [0.2, 0.25) is 0 Å². The van der Waals surface area contributed by atoms with E-state index in [0.717, 1.165) is 10.6 Å². The van der Waals surface area contributed by atoms with Crippen molar-refractivity contribution in [1.29, 1.82) is 0 Å². The maximum Gasteiger partial charge on any atom is 0.271 e. The summed E-state index contributed by atoms with van der Waals surface area (Å²) in [4.78, 5) is 1.10. The van der Waals surface area contributed by atoms with Crippen LogP contribution in [0.2, 0.25) is 0 Å². The third-order valence-corrected chi connectivity index (χ3v) is 3.60. The van der Waals surface area contributed by atoms with Crippen LogP contribution in [-0.2, 0) is 0 Å². The van der Waals surface area contributed by atoms with Gasteiger partial charge in [-0.05, 0) is 24.0 Å². The van der Waals surface area contributed by atoms with Crippen LogP contribution < -0.4 is 5.32 Å². The van der Waals surface area contributed by atoms with Gasteiger partial charge in [-0.3, -0.25) is 0 Å². The van der Waals surface area contributed by atoms with Crippen molar-refractivity contribution in [3.05, 3.63) is 23.8 Å². The first kappa shape index (κ1) is 10.7. The molecule has 0 amide bonds. The van der Waals surface area contributed by atoms with Crippen molar-refractivity contribution in [3.8, 4) is 0 Å². The highest BCUT2D eigenvalue weighted by Gasteiger charge is 2.41. The van der Waals surface area contributed by atoms with E-state index in [9.17, 15) is 8.78 Å². The van der Waals surface area contributed by atoms with Crippen LogP contribution in [0.1, 0.15) is 18.4 Å². The molecule has 1 N–H and O–H groups in total. The SMILES string of the molecule is CSc1ccc2c(c1)NCC(F)(F)C2C. The first-order valence-electron chi connectivity index (χ1n) is 4.84. The standard InChI is InChI=1S/C11H13F2NS/c1-7-9-4-3-8(15-2)5-10(9)14-6-11(7,12)13/h3-5,7,14H,6H2,1-2H3. The highest BCUT2D eigenvalue weighted by Crippen LogP contribution is 2.41. The second-order valence-corrected chi connectivity index (χ2v) is 4.67. The number of halogens is 2. The van der Waals surface area contributed by atoms with E-state index in [0.29, 0.717) is 5.56 Å². The summed E-state index contributed by atoms with van der Waals surface area (Å²) in [5, 5.41) is 2.79. The maximum absolute atomic E-state index is 13.4. The zero-order valence-corrected chi connectivity index (χ0v) is 9.50. The molecule has 0 bridgehead atoms. The van der Waals surface area contributed by atoms with E-state index >= 15 is 0 Å². The lowest BCUT2D eigenvalue weighted by atomic mass is 9.90. The molecule has 15 heavy (non-hydrogen) atoms. The molecule has 82 valence electrons. The van der Waals surface area contributed by atoms with Crippen LogP contribution in [0, 0.1) is 0 Å². The van der Waals surface area contributed by atoms with Gasteiger partial charge in [0.15, 0.2) is 0 Å². The average molecular weight is 229 g/mol. The Bertz CT molecular complexity index is 379. The van der Waals surface area contributed by atoms with Crippen molar-refractivity contribution >= 4 is 17.4 Å². The van der Waals surface area contributed by atoms with Gasteiger partial charge in [-0.15, -0.1) is 11.8 Å². The van der Waals surface area contributed by atoms with Crippen LogP contribution in [0.5, 0.6) is 0 Å². The van der Waals surface area contributed by atoms with Gasteiger partial charge >= 0.3 is 0 Å². The lowest BCUT2D eigenvalue weighted by molar-refractivity contribution is -0.0117. The molecule has 1 aliphatic heterocycles. The van der Waals surface area contributed by atoms with Gasteiger partial charge in [0, 0.05) is 16.5 Å². The average Bonchev–Trinajstić information content (AvgIpc) is 2.23. The number of anilines is 1. The van der Waals surface area contributed by atoms with E-state index in [1.807, 2.05) is 18.4 Å². The summed E-state index contributed by atoms with van der Waals surface area (Å²) >= 11 is 1.62. The number of alkyl halides is 2. The summed E-state index contributed by atoms with van der Waals surface area (Å²) in [7, 11) is 0. The van der Waals surface area contributed by atoms with Crippen LogP contribution in [0.15, 0.2) is 23.1 Å². The van der Waals surface area contributed by atoms with E-state index < -0.39 is 11.8 Å². The quantitative estimate of drug-likeness (QED) is 0.739. The van der Waals surface area contributed by atoms with E-state index in [-0.39, 0.29) is 6.54 Å². The number of rotatable bonds is 1. The Labute approximate surface area is 92.3 Å². The minimum atomic E-state index is -2.64. The maximum atomic E-state index is 13.4. The minimum absolute atomic E-state index is 0.265. The molecule has 0 spiro atoms. The van der Waals surface area contributed by atoms with Crippen LogP contribution >= 0.6 is 11.8 Å². The van der Waals surface area contributed by atoms with Crippen LogP contribution in [0.25, 0.3) is 0 Å². The molecule has 0 aromatic heterocycles. The van der Waals surface area contributed by atoms with Gasteiger partial charge in [-0.1, -0.05) is 13.0 Å². The zero-order chi connectivity index (χ0) is 11.1. The van der Waals surface area contributed by atoms with Gasteiger partial charge in [0.05, 0.1) is 6.54 Å². The number of hydrogen-bond donors (Lipinski definition) is 1. The Morgan fingerprint density at radius 2 is 2.20 bits per heavy atom. The predicted octanol–water partition coefficient (Wildman–Crippen LogP) is 3.57. The Morgan fingerprint density at radius 3 is 2.87 bits per heavy atom. The highest BCUT2D eigenvalue weighted by molar-refractivity contribution is 7.98. The molecule has 1 heterocycles. The summed E-state index contributed by atoms with van der Waals surface area (Å²) in [5.74, 6) is -3.35. The molecule has 1 aromatic carbocycles. The molecule has 1 unspecified atom stereocenters. The third kappa shape index (κ3) is 1.83. The van der Waals surface area contributed by atoms with Crippen LogP contribution in [-0.4, -0.2) is 18.7 Å². The second kappa shape index (κ2) is 3.67. The van der Waals surface area contributed by atoms with E-state index in [4.69, 9.17) is 0 Å². The first-order valence-corrected chi connectivity index (χ1v) is 6.06. The van der Waals surface area contributed by atoms with Gasteiger partial charge < -0.3 is 5.32 Å². The highest BCUT2D eigenvalue weighted by atomic mass is 32.2. The molecule has 1 aromatic rings. The molecule has 0 aliphatic carbocycles. The van der Waals surface area contributed by atoms with Gasteiger partial charge in [0.1, 0.15) is 0 Å². The molecule has 0 radical (unpaired) electrons. The smallest absolute Gasteiger partial charge is 0.271 e. The van der Waals surface area contributed by atoms with Gasteiger partial charge in [-0.2, -0.15) is 0 Å². The summed E-state index contributed by atoms with van der Waals surface area (Å²) in [6.07, 6.45) is 1.97. The van der Waals surface area contributed by atoms with Crippen molar-refractivity contribution in [2.24, 2.45) is 0 Å². The Morgan fingerprint density at radius 1 is 1.47 bits per heavy atom. The molecule has 1 nitrogen and oxygen atoms in total. The number of nitrogens with one attached hydrogen (secondary N) is 1. The third-order valence-electron chi connectivity index (χ3n) is 2.88. The largest absolute Gasteiger partial charge is 0.379 e. The molecule has 0 saturated heterocycles. The summed E-state index contributed by atoms with van der Waals surface area (Å²) in [6, 6.07) is 5.63. The fourth-order valence-electron chi connectivity index (χ4n) is 1.79. The van der Waals surface area contributed by atoms with Crippen molar-refractivity contribution < 1.29 is 8.78 Å². The first-order chi connectivity index (χ1) is 7.04. The van der Waals surface area contributed by atoms with Crippen LogP contribution in [0.3, 0.4) is 0 Å². The molecular weight excluding hydrogens is 216 g/mol. The summed E-state index contributed by atoms with van der Waals surface area (Å²) in [6.45, 7) is 1.32. The zero-order valence-electron chi connectivity index (χ0n) is 8.68. The topological polar surface area (TPSA) is 12.0 Å². The van der Waals surface area contributed by atoms with Crippen molar-refractivity contribution in [1.82, 2.24) is 0 Å². The number of fused-ring (bicyclic) bond motifs is 1. The van der Waals surface area contributed by atoms with Crippen LogP contribution in [0.4, 0.5) is 14.5 Å². The van der Waals surface area contributed by atoms with Crippen molar-refractivity contribution in [2.75, 3.05) is 18.1 Å². The monoisotopic (exact) mass is 229 g/mol. The molecule has 1 aliphatic rings. The fourth-order valence-corrected chi connectivity index (χ4v) is 2.23. The number of thioether (sulfide) groups is 1. The molecular formula is C11H13F2NS. The minimum Gasteiger partial charge on any atom is -0.379 e. The Hall–Kier alpha value is -0.770. The molecule has 4 heteroatoms. The van der Waals surface area contributed by atoms with Gasteiger partial charge in [-0.25, -0.2) is 8.78 Å². The Kier molecular flexibility index (Phi) is 2.63. The van der Waals surface area contributed by atoms with Gasteiger partial charge in [0.25, 0.3) is 5.92 Å². The molecule has 0 saturated carbocycles. The molecule has 1 atom stereocenters. The molecule has 0 fully saturated rings. The lowest BCUT2D eigenvalue weighted by Crippen LogP contribution is -2.37. The lowest BCUT2D eigenvalue weighted by Gasteiger charge is -2.32. The predicted molar refractivity (Wildman–Crippen MR) is 60.1 cm³/mol. The number of hydrogen-bond acceptors (Lipinski definition) is 2. The van der Waals surface area contributed by atoms with E-state index in [1.54, 1.807) is 24.8 Å². The second-order valence-electron chi connectivity index (χ2n) is 3.79. The fraction of sp³-hybridized carbons (Fsp3) is 0.455. The molecule has 2 rings (SSSR count). The van der Waals surface area contributed by atoms with E-state index in [1.165, 1.54) is 0 Å². The Balaban J connectivity index is 2.42. The number of benzene rings is 1. The van der Waals surface area contributed by atoms with E-state index in [2.05, 4.69) is 5.32 Å². The normalized spacial score (nSPS) is 23.1.